The molecular formula is C11H22N2O2S. The van der Waals surface area contributed by atoms with Gasteiger partial charge >= 0.3 is 0 Å². The lowest BCUT2D eigenvalue weighted by atomic mass is 10.1. The van der Waals surface area contributed by atoms with Crippen molar-refractivity contribution in [2.24, 2.45) is 0 Å². The molecule has 0 aromatic carbocycles. The van der Waals surface area contributed by atoms with Crippen molar-refractivity contribution in [3.63, 3.8) is 0 Å². The van der Waals surface area contributed by atoms with Gasteiger partial charge in [0.05, 0.1) is 11.5 Å². The van der Waals surface area contributed by atoms with E-state index in [2.05, 4.69) is 17.1 Å². The first-order valence-electron chi connectivity index (χ1n) is 6.25. The van der Waals surface area contributed by atoms with Crippen LogP contribution in [0.15, 0.2) is 0 Å². The molecule has 0 saturated carbocycles. The second kappa shape index (κ2) is 5.02. The Morgan fingerprint density at radius 1 is 1.31 bits per heavy atom. The third-order valence-electron chi connectivity index (χ3n) is 3.58. The van der Waals surface area contributed by atoms with Crippen molar-refractivity contribution in [3.8, 4) is 0 Å². The molecule has 1 N–H and O–H groups in total. The summed E-state index contributed by atoms with van der Waals surface area (Å²) in [4.78, 5) is 2.38. The Morgan fingerprint density at radius 3 is 2.88 bits per heavy atom. The van der Waals surface area contributed by atoms with Gasteiger partial charge in [0.15, 0.2) is 9.84 Å². The number of nitrogens with zero attached hydrogens (tertiary/aromatic N) is 1. The summed E-state index contributed by atoms with van der Waals surface area (Å²) in [5.74, 6) is 0.769. The lowest BCUT2D eigenvalue weighted by Gasteiger charge is -2.34. The summed E-state index contributed by atoms with van der Waals surface area (Å²) < 4.78 is 23.3. The minimum absolute atomic E-state index is 0.265. The van der Waals surface area contributed by atoms with Gasteiger partial charge in [-0.1, -0.05) is 0 Å². The maximum atomic E-state index is 11.6. The Bertz CT molecular complexity index is 329. The first-order valence-corrected chi connectivity index (χ1v) is 8.07. The summed E-state index contributed by atoms with van der Waals surface area (Å²) in [6.07, 6.45) is 3.01. The molecule has 4 nitrogen and oxygen atoms in total. The van der Waals surface area contributed by atoms with Crippen LogP contribution in [-0.4, -0.2) is 56.5 Å². The van der Waals surface area contributed by atoms with E-state index in [0.29, 0.717) is 17.5 Å². The van der Waals surface area contributed by atoms with Gasteiger partial charge in [-0.25, -0.2) is 8.42 Å². The Hall–Kier alpha value is -0.130. The average Bonchev–Trinajstić information content (AvgIpc) is 2.41. The van der Waals surface area contributed by atoms with E-state index < -0.39 is 9.84 Å². The maximum Gasteiger partial charge on any atom is 0.151 e. The third kappa shape index (κ3) is 3.18. The van der Waals surface area contributed by atoms with Crippen molar-refractivity contribution >= 4 is 9.84 Å². The molecule has 5 heteroatoms. The average molecular weight is 246 g/mol. The van der Waals surface area contributed by atoms with Crippen molar-refractivity contribution in [2.75, 3.05) is 31.1 Å². The highest BCUT2D eigenvalue weighted by Crippen LogP contribution is 2.19. The van der Waals surface area contributed by atoms with Crippen LogP contribution in [-0.2, 0) is 9.84 Å². The smallest absolute Gasteiger partial charge is 0.151 e. The predicted molar refractivity (Wildman–Crippen MR) is 65.3 cm³/mol. The maximum absolute atomic E-state index is 11.6. The zero-order valence-corrected chi connectivity index (χ0v) is 10.8. The van der Waals surface area contributed by atoms with Crippen LogP contribution in [0.1, 0.15) is 26.2 Å². The van der Waals surface area contributed by atoms with E-state index >= 15 is 0 Å². The first-order chi connectivity index (χ1) is 7.57. The molecule has 2 rings (SSSR count). The highest BCUT2D eigenvalue weighted by Gasteiger charge is 2.30. The standard InChI is InChI=1S/C11H22N2O2S/c1-10-8-13(6-3-5-12-10)11-4-2-7-16(14,15)9-11/h10-12H,2-9H2,1H3. The highest BCUT2D eigenvalue weighted by molar-refractivity contribution is 7.91. The first kappa shape index (κ1) is 12.3. The summed E-state index contributed by atoms with van der Waals surface area (Å²) in [7, 11) is -2.77. The van der Waals surface area contributed by atoms with Gasteiger partial charge in [0.2, 0.25) is 0 Å². The summed E-state index contributed by atoms with van der Waals surface area (Å²) in [6, 6.07) is 0.744. The fourth-order valence-corrected chi connectivity index (χ4v) is 4.49. The van der Waals surface area contributed by atoms with Crippen molar-refractivity contribution in [1.29, 1.82) is 0 Å². The number of hydrogen-bond donors (Lipinski definition) is 1. The van der Waals surface area contributed by atoms with Crippen LogP contribution >= 0.6 is 0 Å². The molecule has 0 radical (unpaired) electrons. The van der Waals surface area contributed by atoms with Crippen molar-refractivity contribution in [2.45, 2.75) is 38.3 Å². The van der Waals surface area contributed by atoms with Gasteiger partial charge in [-0.3, -0.25) is 4.90 Å². The molecule has 0 spiro atoms. The number of rotatable bonds is 1. The van der Waals surface area contributed by atoms with Crippen LogP contribution in [0.5, 0.6) is 0 Å². The second-order valence-corrected chi connectivity index (χ2v) is 7.34. The highest BCUT2D eigenvalue weighted by atomic mass is 32.2. The Balaban J connectivity index is 2.00. The number of sulfone groups is 1. The lowest BCUT2D eigenvalue weighted by molar-refractivity contribution is 0.196. The molecule has 0 amide bonds. The molecule has 0 aliphatic carbocycles. The van der Waals surface area contributed by atoms with E-state index in [1.807, 2.05) is 0 Å². The van der Waals surface area contributed by atoms with Gasteiger partial charge in [-0.05, 0) is 39.3 Å². The monoisotopic (exact) mass is 246 g/mol. The summed E-state index contributed by atoms with van der Waals surface area (Å²) in [5.41, 5.74) is 0. The fraction of sp³-hybridized carbons (Fsp3) is 1.00. The van der Waals surface area contributed by atoms with Crippen molar-refractivity contribution < 1.29 is 8.42 Å². The minimum Gasteiger partial charge on any atom is -0.313 e. The molecule has 2 unspecified atom stereocenters. The van der Waals surface area contributed by atoms with Crippen LogP contribution in [0.3, 0.4) is 0 Å². The molecule has 2 aliphatic heterocycles. The predicted octanol–water partition coefficient (Wildman–Crippen LogP) is 0.247. The molecule has 2 atom stereocenters. The van der Waals surface area contributed by atoms with E-state index in [4.69, 9.17) is 0 Å². The molecular weight excluding hydrogens is 224 g/mol. The van der Waals surface area contributed by atoms with Gasteiger partial charge < -0.3 is 5.32 Å². The van der Waals surface area contributed by atoms with E-state index in [0.717, 1.165) is 38.9 Å². The van der Waals surface area contributed by atoms with Crippen molar-refractivity contribution in [3.05, 3.63) is 0 Å². The van der Waals surface area contributed by atoms with Gasteiger partial charge in [-0.15, -0.1) is 0 Å². The molecule has 2 heterocycles. The van der Waals surface area contributed by atoms with Crippen molar-refractivity contribution in [1.82, 2.24) is 10.2 Å². The van der Waals surface area contributed by atoms with Crippen LogP contribution < -0.4 is 5.32 Å². The largest absolute Gasteiger partial charge is 0.313 e. The van der Waals surface area contributed by atoms with Gasteiger partial charge in [0.25, 0.3) is 0 Å². The van der Waals surface area contributed by atoms with E-state index in [1.165, 1.54) is 0 Å². The molecule has 2 saturated heterocycles. The summed E-state index contributed by atoms with van der Waals surface area (Å²) in [5, 5.41) is 3.44. The zero-order valence-electron chi connectivity index (χ0n) is 9.98. The topological polar surface area (TPSA) is 49.4 Å². The Morgan fingerprint density at radius 2 is 2.12 bits per heavy atom. The zero-order chi connectivity index (χ0) is 11.6. The Labute approximate surface area is 98.3 Å². The van der Waals surface area contributed by atoms with E-state index in [1.54, 1.807) is 0 Å². The quantitative estimate of drug-likeness (QED) is 0.720. The minimum atomic E-state index is -2.77. The van der Waals surface area contributed by atoms with Gasteiger partial charge in [0.1, 0.15) is 0 Å². The number of nitrogens with one attached hydrogen (secondary N) is 1. The number of hydrogen-bond acceptors (Lipinski definition) is 4. The molecule has 0 aromatic rings. The lowest BCUT2D eigenvalue weighted by Crippen LogP contribution is -2.46. The molecule has 94 valence electrons. The van der Waals surface area contributed by atoms with E-state index in [9.17, 15) is 8.42 Å². The van der Waals surface area contributed by atoms with Crippen LogP contribution in [0, 0.1) is 0 Å². The molecule has 0 bridgehead atoms. The Kier molecular flexibility index (Phi) is 3.87. The molecule has 16 heavy (non-hydrogen) atoms. The van der Waals surface area contributed by atoms with E-state index in [-0.39, 0.29) is 6.04 Å². The third-order valence-corrected chi connectivity index (χ3v) is 5.38. The molecule has 2 aliphatic rings. The summed E-state index contributed by atoms with van der Waals surface area (Å²) in [6.45, 7) is 5.25. The van der Waals surface area contributed by atoms with Crippen LogP contribution in [0.4, 0.5) is 0 Å². The van der Waals surface area contributed by atoms with Crippen LogP contribution in [0.25, 0.3) is 0 Å². The van der Waals surface area contributed by atoms with Crippen LogP contribution in [0.2, 0.25) is 0 Å². The normalized spacial score (nSPS) is 36.8. The SMILES string of the molecule is CC1CN(C2CCCS(=O)(=O)C2)CCCN1. The fourth-order valence-electron chi connectivity index (χ4n) is 2.76. The summed E-state index contributed by atoms with van der Waals surface area (Å²) >= 11 is 0. The second-order valence-electron chi connectivity index (χ2n) is 5.11. The molecule has 0 aromatic heterocycles. The molecule has 2 fully saturated rings. The van der Waals surface area contributed by atoms with Gasteiger partial charge in [0, 0.05) is 18.6 Å². The van der Waals surface area contributed by atoms with Gasteiger partial charge in [-0.2, -0.15) is 0 Å².